The van der Waals surface area contributed by atoms with Crippen LogP contribution in [0.15, 0.2) is 41.6 Å². The van der Waals surface area contributed by atoms with Gasteiger partial charge in [0.05, 0.1) is 11.6 Å². The van der Waals surface area contributed by atoms with Crippen LogP contribution in [0.3, 0.4) is 0 Å². The minimum atomic E-state index is -0.199. The highest BCUT2D eigenvalue weighted by Gasteiger charge is 2.32. The number of likely N-dealkylation sites (N-methyl/N-ethyl adjacent to an activating group) is 1. The molecule has 0 saturated heterocycles. The van der Waals surface area contributed by atoms with Gasteiger partial charge in [0.25, 0.3) is 5.91 Å². The Morgan fingerprint density at radius 3 is 2.45 bits per heavy atom. The molecule has 1 unspecified atom stereocenters. The Morgan fingerprint density at radius 1 is 1.30 bits per heavy atom. The zero-order valence-electron chi connectivity index (χ0n) is 12.2. The van der Waals surface area contributed by atoms with Crippen molar-refractivity contribution < 1.29 is 4.79 Å². The minimum Gasteiger partial charge on any atom is -0.351 e. The third-order valence-corrected chi connectivity index (χ3v) is 3.92. The van der Waals surface area contributed by atoms with E-state index in [4.69, 9.17) is 12.2 Å². The molecule has 0 aromatic heterocycles. The lowest BCUT2D eigenvalue weighted by molar-refractivity contribution is -0.125. The third kappa shape index (κ3) is 2.54. The molecule has 1 aliphatic rings. The first-order valence-corrected chi connectivity index (χ1v) is 6.86. The number of allylic oxidation sites excluding steroid dienone is 1. The second kappa shape index (κ2) is 5.63. The molecule has 0 fully saturated rings. The number of carbonyl (C=O) groups excluding carboxylic acids is 1. The zero-order chi connectivity index (χ0) is 14.9. The zero-order valence-corrected chi connectivity index (χ0v) is 13.0. The Kier molecular flexibility index (Phi) is 4.09. The van der Waals surface area contributed by atoms with E-state index in [1.807, 2.05) is 49.2 Å². The Morgan fingerprint density at radius 2 is 1.90 bits per heavy atom. The average molecular weight is 289 g/mol. The standard InChI is InChI=1S/C15H19N3OS/c1-10-12(14(19)17(2)3)13(16-15(20)18(10)4)11-8-6-5-7-9-11/h5-9,13H,1-4H3,(H,16,20). The molecule has 0 bridgehead atoms. The van der Waals surface area contributed by atoms with Gasteiger partial charge in [-0.15, -0.1) is 0 Å². The van der Waals surface area contributed by atoms with Crippen LogP contribution in [0.4, 0.5) is 0 Å². The van der Waals surface area contributed by atoms with Crippen molar-refractivity contribution >= 4 is 23.2 Å². The van der Waals surface area contributed by atoms with Gasteiger partial charge in [-0.25, -0.2) is 0 Å². The van der Waals surface area contributed by atoms with Crippen molar-refractivity contribution in [3.8, 4) is 0 Å². The van der Waals surface area contributed by atoms with Gasteiger partial charge in [-0.2, -0.15) is 0 Å². The Hall–Kier alpha value is -1.88. The molecule has 5 heteroatoms. The van der Waals surface area contributed by atoms with Gasteiger partial charge >= 0.3 is 0 Å². The van der Waals surface area contributed by atoms with Crippen LogP contribution in [0.1, 0.15) is 18.5 Å². The summed E-state index contributed by atoms with van der Waals surface area (Å²) in [4.78, 5) is 15.9. The summed E-state index contributed by atoms with van der Waals surface area (Å²) >= 11 is 5.34. The molecule has 0 radical (unpaired) electrons. The smallest absolute Gasteiger partial charge is 0.253 e. The maximum absolute atomic E-state index is 12.5. The SMILES string of the molecule is CC1=C(C(=O)N(C)C)C(c2ccccc2)NC(=S)N1C. The summed E-state index contributed by atoms with van der Waals surface area (Å²) < 4.78 is 0. The van der Waals surface area contributed by atoms with E-state index in [9.17, 15) is 4.79 Å². The van der Waals surface area contributed by atoms with E-state index in [1.54, 1.807) is 19.0 Å². The Labute approximate surface area is 125 Å². The molecular formula is C15H19N3OS. The van der Waals surface area contributed by atoms with Crippen molar-refractivity contribution in [1.29, 1.82) is 0 Å². The van der Waals surface area contributed by atoms with Crippen LogP contribution < -0.4 is 5.32 Å². The number of thiocarbonyl (C=S) groups is 1. The molecule has 1 aromatic rings. The molecule has 1 aromatic carbocycles. The van der Waals surface area contributed by atoms with Crippen molar-refractivity contribution in [3.63, 3.8) is 0 Å². The van der Waals surface area contributed by atoms with Crippen LogP contribution in [0.25, 0.3) is 0 Å². The quantitative estimate of drug-likeness (QED) is 0.844. The first kappa shape index (κ1) is 14.5. The van der Waals surface area contributed by atoms with Gasteiger partial charge in [0, 0.05) is 26.8 Å². The van der Waals surface area contributed by atoms with Crippen molar-refractivity contribution in [2.24, 2.45) is 0 Å². The van der Waals surface area contributed by atoms with Gasteiger partial charge in [0.2, 0.25) is 0 Å². The summed E-state index contributed by atoms with van der Waals surface area (Å²) in [6, 6.07) is 9.69. The molecule has 4 nitrogen and oxygen atoms in total. The summed E-state index contributed by atoms with van der Waals surface area (Å²) in [5, 5.41) is 3.88. The molecule has 1 atom stereocenters. The van der Waals surface area contributed by atoms with Gasteiger partial charge in [-0.3, -0.25) is 4.79 Å². The summed E-state index contributed by atoms with van der Waals surface area (Å²) in [7, 11) is 5.39. The minimum absolute atomic E-state index is 0.00166. The first-order chi connectivity index (χ1) is 9.43. The largest absolute Gasteiger partial charge is 0.351 e. The second-order valence-electron chi connectivity index (χ2n) is 5.05. The lowest BCUT2D eigenvalue weighted by Gasteiger charge is -2.36. The molecule has 2 rings (SSSR count). The van der Waals surface area contributed by atoms with E-state index >= 15 is 0 Å². The number of nitrogens with one attached hydrogen (secondary N) is 1. The summed E-state index contributed by atoms with van der Waals surface area (Å²) in [6.45, 7) is 1.93. The van der Waals surface area contributed by atoms with Crippen LogP contribution >= 0.6 is 12.2 Å². The molecule has 0 saturated carbocycles. The van der Waals surface area contributed by atoms with E-state index in [1.165, 1.54) is 0 Å². The summed E-state index contributed by atoms with van der Waals surface area (Å²) in [5.74, 6) is -0.00166. The van der Waals surface area contributed by atoms with E-state index in [0.29, 0.717) is 5.11 Å². The predicted octanol–water partition coefficient (Wildman–Crippen LogP) is 1.91. The fraction of sp³-hybridized carbons (Fsp3) is 0.333. The highest BCUT2D eigenvalue weighted by atomic mass is 32.1. The monoisotopic (exact) mass is 289 g/mol. The maximum Gasteiger partial charge on any atom is 0.253 e. The third-order valence-electron chi connectivity index (χ3n) is 3.52. The Balaban J connectivity index is 2.54. The van der Waals surface area contributed by atoms with Crippen LogP contribution in [-0.4, -0.2) is 42.0 Å². The molecule has 1 amide bonds. The fourth-order valence-electron chi connectivity index (χ4n) is 2.25. The highest BCUT2D eigenvalue weighted by Crippen LogP contribution is 2.30. The average Bonchev–Trinajstić information content (AvgIpc) is 2.44. The first-order valence-electron chi connectivity index (χ1n) is 6.45. The van der Waals surface area contributed by atoms with Gasteiger partial charge in [-0.05, 0) is 24.7 Å². The van der Waals surface area contributed by atoms with Gasteiger partial charge in [-0.1, -0.05) is 30.3 Å². The summed E-state index contributed by atoms with van der Waals surface area (Å²) in [6.07, 6.45) is 0. The van der Waals surface area contributed by atoms with Gasteiger partial charge in [0.15, 0.2) is 5.11 Å². The number of amides is 1. The topological polar surface area (TPSA) is 35.6 Å². The van der Waals surface area contributed by atoms with E-state index in [0.717, 1.165) is 16.8 Å². The van der Waals surface area contributed by atoms with Crippen molar-refractivity contribution in [1.82, 2.24) is 15.1 Å². The molecular weight excluding hydrogens is 270 g/mol. The van der Waals surface area contributed by atoms with Crippen LogP contribution in [0, 0.1) is 0 Å². The highest BCUT2D eigenvalue weighted by molar-refractivity contribution is 7.80. The molecule has 0 spiro atoms. The van der Waals surface area contributed by atoms with Crippen molar-refractivity contribution in [2.45, 2.75) is 13.0 Å². The maximum atomic E-state index is 12.5. The predicted molar refractivity (Wildman–Crippen MR) is 84.1 cm³/mol. The van der Waals surface area contributed by atoms with E-state index in [2.05, 4.69) is 5.32 Å². The molecule has 106 valence electrons. The lowest BCUT2D eigenvalue weighted by Crippen LogP contribution is -2.47. The van der Waals surface area contributed by atoms with E-state index < -0.39 is 0 Å². The van der Waals surface area contributed by atoms with Gasteiger partial charge in [0.1, 0.15) is 0 Å². The Bertz CT molecular complexity index is 566. The molecule has 1 aliphatic heterocycles. The second-order valence-corrected chi connectivity index (χ2v) is 5.44. The number of carbonyl (C=O) groups is 1. The number of rotatable bonds is 2. The molecule has 1 N–H and O–H groups in total. The molecule has 20 heavy (non-hydrogen) atoms. The summed E-state index contributed by atoms with van der Waals surface area (Å²) in [5.41, 5.74) is 2.66. The van der Waals surface area contributed by atoms with Crippen LogP contribution in [-0.2, 0) is 4.79 Å². The number of benzene rings is 1. The van der Waals surface area contributed by atoms with Crippen molar-refractivity contribution in [3.05, 3.63) is 47.2 Å². The van der Waals surface area contributed by atoms with Crippen LogP contribution in [0.2, 0.25) is 0 Å². The van der Waals surface area contributed by atoms with Gasteiger partial charge < -0.3 is 15.1 Å². The fourth-order valence-corrected chi connectivity index (χ4v) is 2.50. The molecule has 1 heterocycles. The normalized spacial score (nSPS) is 18.9. The van der Waals surface area contributed by atoms with Crippen LogP contribution in [0.5, 0.6) is 0 Å². The van der Waals surface area contributed by atoms with E-state index in [-0.39, 0.29) is 11.9 Å². The molecule has 0 aliphatic carbocycles. The number of hydrogen-bond acceptors (Lipinski definition) is 2. The number of hydrogen-bond donors (Lipinski definition) is 1. The lowest BCUT2D eigenvalue weighted by atomic mass is 9.94. The van der Waals surface area contributed by atoms with Crippen molar-refractivity contribution in [2.75, 3.05) is 21.1 Å². The number of nitrogens with zero attached hydrogens (tertiary/aromatic N) is 2.